The van der Waals surface area contributed by atoms with E-state index in [1.54, 1.807) is 7.11 Å². The van der Waals surface area contributed by atoms with Crippen molar-refractivity contribution in [3.63, 3.8) is 0 Å². The fourth-order valence-electron chi connectivity index (χ4n) is 3.01. The van der Waals surface area contributed by atoms with Crippen LogP contribution in [-0.4, -0.2) is 26.1 Å². The summed E-state index contributed by atoms with van der Waals surface area (Å²) in [6, 6.07) is 15.0. The number of hydrogen-bond acceptors (Lipinski definition) is 3. The summed E-state index contributed by atoms with van der Waals surface area (Å²) in [6.07, 6.45) is 0.860. The molecule has 2 N–H and O–H groups in total. The van der Waals surface area contributed by atoms with E-state index >= 15 is 0 Å². The first kappa shape index (κ1) is 16.8. The summed E-state index contributed by atoms with van der Waals surface area (Å²) in [5.41, 5.74) is 1.83. The third-order valence-electron chi connectivity index (χ3n) is 4.36. The van der Waals surface area contributed by atoms with Gasteiger partial charge in [-0.2, -0.15) is 0 Å². The van der Waals surface area contributed by atoms with Gasteiger partial charge in [-0.3, -0.25) is 4.79 Å². The van der Waals surface area contributed by atoms with Crippen molar-refractivity contribution in [2.75, 3.05) is 20.2 Å². The Labute approximate surface area is 147 Å². The average molecular weight is 345 g/mol. The molecule has 1 aliphatic rings. The smallest absolute Gasteiger partial charge is 0.225 e. The summed E-state index contributed by atoms with van der Waals surface area (Å²) in [6.45, 7) is 1.60. The molecule has 0 saturated carbocycles. The first-order chi connectivity index (χ1) is 11.7. The number of ether oxygens (including phenoxy) is 1. The maximum Gasteiger partial charge on any atom is 0.225 e. The van der Waals surface area contributed by atoms with Crippen LogP contribution in [0, 0.1) is 5.92 Å². The fraction of sp³-hybridized carbons (Fsp3) is 0.316. The summed E-state index contributed by atoms with van der Waals surface area (Å²) >= 11 is 6.39. The molecule has 0 aromatic heterocycles. The summed E-state index contributed by atoms with van der Waals surface area (Å²) in [5.74, 6) is 0.801. The summed E-state index contributed by atoms with van der Waals surface area (Å²) < 4.78 is 5.32. The number of methoxy groups -OCH3 is 1. The zero-order chi connectivity index (χ0) is 16.9. The van der Waals surface area contributed by atoms with Gasteiger partial charge in [-0.25, -0.2) is 0 Å². The Morgan fingerprint density at radius 3 is 2.83 bits per heavy atom. The highest BCUT2D eigenvalue weighted by molar-refractivity contribution is 6.31. The van der Waals surface area contributed by atoms with Crippen molar-refractivity contribution in [2.45, 2.75) is 12.5 Å². The molecule has 0 bridgehead atoms. The Morgan fingerprint density at radius 1 is 1.29 bits per heavy atom. The van der Waals surface area contributed by atoms with Crippen molar-refractivity contribution >= 4 is 17.5 Å². The van der Waals surface area contributed by atoms with Crippen LogP contribution in [-0.2, 0) is 4.79 Å². The topological polar surface area (TPSA) is 50.4 Å². The Bertz CT molecular complexity index is 714. The minimum atomic E-state index is -0.304. The lowest BCUT2D eigenvalue weighted by atomic mass is 9.97. The van der Waals surface area contributed by atoms with E-state index in [0.717, 1.165) is 36.4 Å². The second kappa shape index (κ2) is 7.69. The number of carbonyl (C=O) groups is 1. The minimum absolute atomic E-state index is 0.000551. The number of carbonyl (C=O) groups excluding carboxylic acids is 1. The van der Waals surface area contributed by atoms with Crippen molar-refractivity contribution in [2.24, 2.45) is 5.92 Å². The van der Waals surface area contributed by atoms with E-state index in [1.165, 1.54) is 0 Å². The van der Waals surface area contributed by atoms with Gasteiger partial charge in [0.15, 0.2) is 0 Å². The lowest BCUT2D eigenvalue weighted by molar-refractivity contribution is -0.124. The van der Waals surface area contributed by atoms with Crippen molar-refractivity contribution in [1.82, 2.24) is 10.6 Å². The second-order valence-corrected chi connectivity index (χ2v) is 6.34. The number of benzene rings is 2. The zero-order valence-electron chi connectivity index (χ0n) is 13.6. The van der Waals surface area contributed by atoms with E-state index in [9.17, 15) is 4.79 Å². The van der Waals surface area contributed by atoms with Gasteiger partial charge < -0.3 is 15.4 Å². The molecular weight excluding hydrogens is 324 g/mol. The van der Waals surface area contributed by atoms with E-state index in [2.05, 4.69) is 10.6 Å². The molecule has 2 atom stereocenters. The molecular formula is C19H21ClN2O2. The summed E-state index contributed by atoms with van der Waals surface area (Å²) in [4.78, 5) is 12.6. The molecule has 0 aliphatic carbocycles. The van der Waals surface area contributed by atoms with Gasteiger partial charge in [-0.05, 0) is 42.3 Å². The number of amides is 1. The van der Waals surface area contributed by atoms with Crippen molar-refractivity contribution < 1.29 is 9.53 Å². The normalized spacial score (nSPS) is 18.2. The van der Waals surface area contributed by atoms with Gasteiger partial charge >= 0.3 is 0 Å². The molecule has 1 heterocycles. The highest BCUT2D eigenvalue weighted by Gasteiger charge is 2.26. The number of hydrogen-bond donors (Lipinski definition) is 2. The molecule has 2 aromatic carbocycles. The first-order valence-electron chi connectivity index (χ1n) is 8.08. The highest BCUT2D eigenvalue weighted by Crippen LogP contribution is 2.30. The molecule has 1 aliphatic heterocycles. The first-order valence-corrected chi connectivity index (χ1v) is 8.46. The van der Waals surface area contributed by atoms with E-state index in [4.69, 9.17) is 16.3 Å². The molecule has 4 nitrogen and oxygen atoms in total. The number of halogens is 1. The molecule has 0 spiro atoms. The van der Waals surface area contributed by atoms with Crippen LogP contribution >= 0.6 is 11.6 Å². The Hall–Kier alpha value is -2.04. The quantitative estimate of drug-likeness (QED) is 0.876. The third kappa shape index (κ3) is 3.71. The van der Waals surface area contributed by atoms with Crippen molar-refractivity contribution in [3.8, 4) is 5.75 Å². The van der Waals surface area contributed by atoms with Gasteiger partial charge in [0, 0.05) is 11.6 Å². The average Bonchev–Trinajstić information content (AvgIpc) is 3.15. The predicted octanol–water partition coefficient (Wildman–Crippen LogP) is 3.16. The van der Waals surface area contributed by atoms with Crippen LogP contribution in [0.1, 0.15) is 23.6 Å². The molecule has 0 radical (unpaired) electrons. The monoisotopic (exact) mass is 344 g/mol. The molecule has 1 saturated heterocycles. The second-order valence-electron chi connectivity index (χ2n) is 5.93. The van der Waals surface area contributed by atoms with Crippen LogP contribution < -0.4 is 15.4 Å². The molecule has 5 heteroatoms. The van der Waals surface area contributed by atoms with Gasteiger partial charge in [0.1, 0.15) is 5.75 Å². The van der Waals surface area contributed by atoms with Crippen LogP contribution in [0.3, 0.4) is 0 Å². The third-order valence-corrected chi connectivity index (χ3v) is 4.71. The lowest BCUT2D eigenvalue weighted by Crippen LogP contribution is -2.35. The van der Waals surface area contributed by atoms with Crippen LogP contribution in [0.25, 0.3) is 0 Å². The molecule has 2 unspecified atom stereocenters. The molecule has 24 heavy (non-hydrogen) atoms. The Morgan fingerprint density at radius 2 is 2.12 bits per heavy atom. The van der Waals surface area contributed by atoms with E-state index in [0.29, 0.717) is 5.02 Å². The Balaban J connectivity index is 1.94. The number of nitrogens with one attached hydrogen (secondary N) is 2. The molecule has 126 valence electrons. The Kier molecular flexibility index (Phi) is 5.38. The maximum absolute atomic E-state index is 12.6. The SMILES string of the molecule is COc1cccc(C(NC(=O)C2CCNC2)c2ccccc2Cl)c1. The van der Waals surface area contributed by atoms with Gasteiger partial charge in [-0.15, -0.1) is 0 Å². The van der Waals surface area contributed by atoms with Crippen LogP contribution in [0.5, 0.6) is 5.75 Å². The summed E-state index contributed by atoms with van der Waals surface area (Å²) in [7, 11) is 1.63. The molecule has 3 rings (SSSR count). The summed E-state index contributed by atoms with van der Waals surface area (Å²) in [5, 5.41) is 7.03. The van der Waals surface area contributed by atoms with Gasteiger partial charge in [0.05, 0.1) is 19.1 Å². The van der Waals surface area contributed by atoms with E-state index < -0.39 is 0 Å². The lowest BCUT2D eigenvalue weighted by Gasteiger charge is -2.23. The van der Waals surface area contributed by atoms with Crippen molar-refractivity contribution in [1.29, 1.82) is 0 Å². The van der Waals surface area contributed by atoms with Gasteiger partial charge in [-0.1, -0.05) is 41.9 Å². The molecule has 2 aromatic rings. The van der Waals surface area contributed by atoms with E-state index in [-0.39, 0.29) is 17.9 Å². The zero-order valence-corrected chi connectivity index (χ0v) is 14.3. The van der Waals surface area contributed by atoms with Crippen LogP contribution in [0.2, 0.25) is 5.02 Å². The highest BCUT2D eigenvalue weighted by atomic mass is 35.5. The van der Waals surface area contributed by atoms with E-state index in [1.807, 2.05) is 48.5 Å². The standard InChI is InChI=1S/C19H21ClN2O2/c1-24-15-6-4-5-13(11-15)18(16-7-2-3-8-17(16)20)22-19(23)14-9-10-21-12-14/h2-8,11,14,18,21H,9-10,12H2,1H3,(H,22,23). The minimum Gasteiger partial charge on any atom is -0.497 e. The number of rotatable bonds is 5. The molecule has 1 fully saturated rings. The predicted molar refractivity (Wildman–Crippen MR) is 95.4 cm³/mol. The van der Waals surface area contributed by atoms with Gasteiger partial charge in [0.2, 0.25) is 5.91 Å². The van der Waals surface area contributed by atoms with Crippen LogP contribution in [0.4, 0.5) is 0 Å². The van der Waals surface area contributed by atoms with Gasteiger partial charge in [0.25, 0.3) is 0 Å². The molecule has 1 amide bonds. The van der Waals surface area contributed by atoms with Crippen LogP contribution in [0.15, 0.2) is 48.5 Å². The fourth-order valence-corrected chi connectivity index (χ4v) is 3.25. The maximum atomic E-state index is 12.6. The largest absolute Gasteiger partial charge is 0.497 e. The van der Waals surface area contributed by atoms with Crippen molar-refractivity contribution in [3.05, 3.63) is 64.7 Å².